The second kappa shape index (κ2) is 8.76. The van der Waals surface area contributed by atoms with E-state index in [2.05, 4.69) is 0 Å². The molecule has 39 heavy (non-hydrogen) atoms. The predicted octanol–water partition coefficient (Wildman–Crippen LogP) is 4.43. The summed E-state index contributed by atoms with van der Waals surface area (Å²) >= 11 is 12.1. The van der Waals surface area contributed by atoms with Gasteiger partial charge in [-0.15, -0.1) is 0 Å². The Morgan fingerprint density at radius 1 is 0.769 bits per heavy atom. The molecule has 2 heterocycles. The lowest BCUT2D eigenvalue weighted by Gasteiger charge is -2.55. The lowest BCUT2D eigenvalue weighted by Crippen LogP contribution is -2.61. The Bertz CT molecular complexity index is 1410. The van der Waals surface area contributed by atoms with Gasteiger partial charge in [0.05, 0.1) is 41.7 Å². The fourth-order valence-corrected chi connectivity index (χ4v) is 7.75. The third-order valence-corrected chi connectivity index (χ3v) is 9.35. The van der Waals surface area contributed by atoms with Crippen molar-refractivity contribution >= 4 is 64.2 Å². The van der Waals surface area contributed by atoms with Crippen molar-refractivity contribution in [2.45, 2.75) is 20.8 Å². The van der Waals surface area contributed by atoms with Gasteiger partial charge in [0.25, 0.3) is 0 Å². The summed E-state index contributed by atoms with van der Waals surface area (Å²) in [5, 5.41) is 0.884. The smallest absolute Gasteiger partial charge is 0.334 e. The Morgan fingerprint density at radius 2 is 1.18 bits per heavy atom. The number of carbonyl (C=O) groups is 5. The van der Waals surface area contributed by atoms with Crippen LogP contribution in [0.2, 0.25) is 10.0 Å². The fourth-order valence-electron chi connectivity index (χ4n) is 7.50. The standard InChI is InChI=1S/C29H24Cl2N2O6/c1-4-39-28(38)21-13(2)18-19-22(26(36)32(24(19)34)16-9-5-14(30)6-10-16)29(21,3)23-20(18)25(35)33(27(23)37)17-11-7-15(31)8-12-17/h5-12,18-20,22-23H,4H2,1-3H3/t18?,19-,20+,22-,23+,29?. The first kappa shape index (κ1) is 25.8. The predicted molar refractivity (Wildman–Crippen MR) is 143 cm³/mol. The largest absolute Gasteiger partial charge is 0.463 e. The van der Waals surface area contributed by atoms with Crippen LogP contribution >= 0.6 is 23.2 Å². The highest BCUT2D eigenvalue weighted by molar-refractivity contribution is 6.31. The quantitative estimate of drug-likeness (QED) is 0.400. The summed E-state index contributed by atoms with van der Waals surface area (Å²) in [4.78, 5) is 71.8. The molecule has 2 aromatic rings. The molecule has 3 aliphatic carbocycles. The molecule has 0 spiro atoms. The topological polar surface area (TPSA) is 101 Å². The Labute approximate surface area is 234 Å². The Hall–Kier alpha value is -3.49. The van der Waals surface area contributed by atoms with Gasteiger partial charge >= 0.3 is 5.97 Å². The second-order valence-corrected chi connectivity index (χ2v) is 11.4. The molecule has 2 aliphatic heterocycles. The monoisotopic (exact) mass is 566 g/mol. The van der Waals surface area contributed by atoms with Crippen molar-refractivity contribution in [3.63, 3.8) is 0 Å². The molecule has 5 aliphatic rings. The molecule has 3 fully saturated rings. The molecule has 7 rings (SSSR count). The van der Waals surface area contributed by atoms with Crippen LogP contribution in [0.5, 0.6) is 0 Å². The van der Waals surface area contributed by atoms with Crippen LogP contribution in [-0.2, 0) is 28.7 Å². The van der Waals surface area contributed by atoms with Crippen LogP contribution in [-0.4, -0.2) is 36.2 Å². The van der Waals surface area contributed by atoms with Crippen molar-refractivity contribution in [1.29, 1.82) is 0 Å². The van der Waals surface area contributed by atoms with Crippen LogP contribution in [0.3, 0.4) is 0 Å². The first-order valence-electron chi connectivity index (χ1n) is 12.7. The summed E-state index contributed by atoms with van der Waals surface area (Å²) in [6.07, 6.45) is 0. The zero-order chi connectivity index (χ0) is 28.0. The lowest BCUT2D eigenvalue weighted by atomic mass is 9.43. The van der Waals surface area contributed by atoms with Crippen LogP contribution in [0.25, 0.3) is 0 Å². The third-order valence-electron chi connectivity index (χ3n) is 8.85. The van der Waals surface area contributed by atoms with Crippen LogP contribution in [0.4, 0.5) is 11.4 Å². The average molecular weight is 567 g/mol. The molecule has 1 saturated carbocycles. The molecule has 6 atom stereocenters. The Balaban J connectivity index is 1.54. The maximum atomic E-state index is 14.1. The number of rotatable bonds is 4. The van der Waals surface area contributed by atoms with E-state index in [4.69, 9.17) is 27.9 Å². The van der Waals surface area contributed by atoms with Gasteiger partial charge in [-0.2, -0.15) is 0 Å². The summed E-state index contributed by atoms with van der Waals surface area (Å²) in [7, 11) is 0. The summed E-state index contributed by atoms with van der Waals surface area (Å²) in [6.45, 7) is 5.11. The minimum Gasteiger partial charge on any atom is -0.463 e. The SMILES string of the molecule is CCOC(=O)C1=C(C)C2[C@H]3C(=O)N(c4ccc(Cl)cc4)C(=O)[C@@H]3C1(C)[C@@H]1C(=O)N(c3ccc(Cl)cc3)C(=O)[C@@H]21. The van der Waals surface area contributed by atoms with E-state index >= 15 is 0 Å². The zero-order valence-corrected chi connectivity index (χ0v) is 22.8. The number of halogens is 2. The summed E-state index contributed by atoms with van der Waals surface area (Å²) in [5.41, 5.74) is -0.0605. The van der Waals surface area contributed by atoms with Crippen molar-refractivity contribution in [2.75, 3.05) is 16.4 Å². The first-order chi connectivity index (χ1) is 18.5. The number of hydrogen-bond donors (Lipinski definition) is 0. The van der Waals surface area contributed by atoms with Gasteiger partial charge in [-0.3, -0.25) is 29.0 Å². The first-order valence-corrected chi connectivity index (χ1v) is 13.4. The molecule has 2 bridgehead atoms. The van der Waals surface area contributed by atoms with Crippen molar-refractivity contribution in [2.24, 2.45) is 35.0 Å². The van der Waals surface area contributed by atoms with E-state index in [-0.39, 0.29) is 12.2 Å². The normalized spacial score (nSPS) is 31.3. The van der Waals surface area contributed by atoms with Gasteiger partial charge in [-0.25, -0.2) is 4.79 Å². The van der Waals surface area contributed by atoms with Gasteiger partial charge in [0.1, 0.15) is 0 Å². The number of amides is 4. The lowest BCUT2D eigenvalue weighted by molar-refractivity contribution is -0.155. The number of anilines is 2. The van der Waals surface area contributed by atoms with Crippen molar-refractivity contribution in [3.05, 3.63) is 69.7 Å². The van der Waals surface area contributed by atoms with Gasteiger partial charge in [0.2, 0.25) is 23.6 Å². The molecule has 2 unspecified atom stereocenters. The van der Waals surface area contributed by atoms with Gasteiger partial charge < -0.3 is 4.74 Å². The Kier molecular flexibility index (Phi) is 5.79. The van der Waals surface area contributed by atoms with Crippen molar-refractivity contribution in [3.8, 4) is 0 Å². The number of nitrogens with zero attached hydrogens (tertiary/aromatic N) is 2. The molecule has 2 aromatic carbocycles. The number of esters is 1. The van der Waals surface area contributed by atoms with E-state index in [1.807, 2.05) is 0 Å². The van der Waals surface area contributed by atoms with E-state index in [0.29, 0.717) is 27.0 Å². The minimum absolute atomic E-state index is 0.0894. The van der Waals surface area contributed by atoms with Crippen molar-refractivity contribution < 1.29 is 28.7 Å². The van der Waals surface area contributed by atoms with E-state index in [0.717, 1.165) is 9.80 Å². The molecule has 4 amide bonds. The van der Waals surface area contributed by atoms with Crippen LogP contribution in [0.1, 0.15) is 20.8 Å². The number of imide groups is 2. The van der Waals surface area contributed by atoms with E-state index in [1.165, 1.54) is 0 Å². The molecule has 0 N–H and O–H groups in total. The highest BCUT2D eigenvalue weighted by Gasteiger charge is 2.77. The zero-order valence-electron chi connectivity index (χ0n) is 21.3. The maximum absolute atomic E-state index is 14.1. The summed E-state index contributed by atoms with van der Waals surface area (Å²) in [5.74, 6) is -7.33. The number of carbonyl (C=O) groups excluding carboxylic acids is 5. The van der Waals surface area contributed by atoms with Gasteiger partial charge in [0, 0.05) is 27.0 Å². The van der Waals surface area contributed by atoms with Gasteiger partial charge in [-0.05, 0) is 62.4 Å². The van der Waals surface area contributed by atoms with Gasteiger partial charge in [0.15, 0.2) is 0 Å². The number of hydrogen-bond acceptors (Lipinski definition) is 6. The fraction of sp³-hybridized carbons (Fsp3) is 0.345. The molecular weight excluding hydrogens is 543 g/mol. The summed E-state index contributed by atoms with van der Waals surface area (Å²) < 4.78 is 5.39. The van der Waals surface area contributed by atoms with E-state index in [1.54, 1.807) is 69.3 Å². The average Bonchev–Trinajstić information content (AvgIpc) is 3.32. The number of allylic oxidation sites excluding steroid dienone is 1. The highest BCUT2D eigenvalue weighted by Crippen LogP contribution is 2.68. The molecule has 200 valence electrons. The summed E-state index contributed by atoms with van der Waals surface area (Å²) in [6, 6.07) is 12.6. The van der Waals surface area contributed by atoms with Crippen LogP contribution in [0, 0.1) is 35.0 Å². The molecule has 0 aromatic heterocycles. The molecule has 0 radical (unpaired) electrons. The van der Waals surface area contributed by atoms with Gasteiger partial charge in [-0.1, -0.05) is 35.7 Å². The second-order valence-electron chi connectivity index (χ2n) is 10.6. The molecule has 10 heteroatoms. The van der Waals surface area contributed by atoms with E-state index in [9.17, 15) is 24.0 Å². The Morgan fingerprint density at radius 3 is 1.56 bits per heavy atom. The highest BCUT2D eigenvalue weighted by atomic mass is 35.5. The molecular formula is C29H24Cl2N2O6. The van der Waals surface area contributed by atoms with Crippen LogP contribution < -0.4 is 9.80 Å². The van der Waals surface area contributed by atoms with E-state index < -0.39 is 64.6 Å². The van der Waals surface area contributed by atoms with Crippen LogP contribution in [0.15, 0.2) is 59.7 Å². The third kappa shape index (κ3) is 3.28. The minimum atomic E-state index is -1.46. The molecule has 8 nitrogen and oxygen atoms in total. The number of benzene rings is 2. The maximum Gasteiger partial charge on any atom is 0.334 e. The van der Waals surface area contributed by atoms with Crippen molar-refractivity contribution in [1.82, 2.24) is 0 Å². The molecule has 2 saturated heterocycles. The number of ether oxygens (including phenoxy) is 1.